The second-order valence-electron chi connectivity index (χ2n) is 3.71. The minimum atomic E-state index is -0.195. The molecular weight excluding hydrogens is 182 g/mol. The first-order chi connectivity index (χ1) is 6.74. The molecule has 1 atom stereocenters. The quantitative estimate of drug-likeness (QED) is 0.675. The first kappa shape index (κ1) is 11.5. The largest absolute Gasteiger partial charge is 0.469 e. The Morgan fingerprint density at radius 1 is 1.50 bits per heavy atom. The van der Waals surface area contributed by atoms with Gasteiger partial charge in [-0.1, -0.05) is 0 Å². The molecule has 0 saturated carbocycles. The van der Waals surface area contributed by atoms with E-state index in [0.29, 0.717) is 12.7 Å². The van der Waals surface area contributed by atoms with Crippen molar-refractivity contribution in [2.24, 2.45) is 5.92 Å². The summed E-state index contributed by atoms with van der Waals surface area (Å²) in [5, 5.41) is 3.26. The number of nitrogens with one attached hydrogen (secondary N) is 1. The second-order valence-corrected chi connectivity index (χ2v) is 3.71. The highest BCUT2D eigenvalue weighted by atomic mass is 16.5. The lowest BCUT2D eigenvalue weighted by Gasteiger charge is -2.23. The summed E-state index contributed by atoms with van der Waals surface area (Å²) in [5.41, 5.74) is 0. The number of esters is 1. The Balaban J connectivity index is 2.15. The summed E-state index contributed by atoms with van der Waals surface area (Å²) in [6.45, 7) is 4.32. The predicted octanol–water partition coefficient (Wildman–Crippen LogP) is 0.564. The van der Waals surface area contributed by atoms with Crippen LogP contribution in [0.2, 0.25) is 0 Å². The van der Waals surface area contributed by atoms with Crippen LogP contribution in [0, 0.1) is 5.92 Å². The Morgan fingerprint density at radius 3 is 2.71 bits per heavy atom. The molecule has 14 heavy (non-hydrogen) atoms. The number of piperidine rings is 1. The highest BCUT2D eigenvalue weighted by Gasteiger charge is 2.18. The summed E-state index contributed by atoms with van der Waals surface area (Å²) >= 11 is 0. The van der Waals surface area contributed by atoms with Crippen LogP contribution in [0.15, 0.2) is 0 Å². The van der Waals surface area contributed by atoms with Gasteiger partial charge in [0.2, 0.25) is 0 Å². The van der Waals surface area contributed by atoms with Gasteiger partial charge >= 0.3 is 5.97 Å². The predicted molar refractivity (Wildman–Crippen MR) is 53.0 cm³/mol. The van der Waals surface area contributed by atoms with Crippen LogP contribution in [0.4, 0.5) is 0 Å². The van der Waals surface area contributed by atoms with Gasteiger partial charge in [-0.2, -0.15) is 0 Å². The molecule has 0 aromatic rings. The summed E-state index contributed by atoms with van der Waals surface area (Å²) in [5.74, 6) is -0.353. The number of methoxy groups -OCH3 is 1. The van der Waals surface area contributed by atoms with E-state index in [0.717, 1.165) is 25.9 Å². The van der Waals surface area contributed by atoms with Gasteiger partial charge in [-0.25, -0.2) is 0 Å². The van der Waals surface area contributed by atoms with Crippen LogP contribution >= 0.6 is 0 Å². The molecule has 1 rings (SSSR count). The molecule has 1 aliphatic rings. The molecule has 1 aliphatic heterocycles. The van der Waals surface area contributed by atoms with E-state index in [1.54, 1.807) is 0 Å². The number of hydrogen-bond acceptors (Lipinski definition) is 4. The van der Waals surface area contributed by atoms with E-state index in [1.165, 1.54) is 7.11 Å². The van der Waals surface area contributed by atoms with E-state index in [1.807, 2.05) is 6.92 Å². The maximum absolute atomic E-state index is 11.1. The average molecular weight is 201 g/mol. The molecule has 4 nitrogen and oxygen atoms in total. The fourth-order valence-corrected chi connectivity index (χ4v) is 1.51. The van der Waals surface area contributed by atoms with Crippen molar-refractivity contribution in [1.82, 2.24) is 5.32 Å². The molecule has 0 aromatic heterocycles. The Hall–Kier alpha value is -0.610. The Labute approximate surface area is 85.0 Å². The van der Waals surface area contributed by atoms with E-state index in [-0.39, 0.29) is 11.9 Å². The van der Waals surface area contributed by atoms with Crippen LogP contribution in [0.5, 0.6) is 0 Å². The van der Waals surface area contributed by atoms with E-state index >= 15 is 0 Å². The standard InChI is InChI=1S/C10H19NO3/c1-8(10(12)13-2)7-14-9-3-5-11-6-4-9/h8-9,11H,3-7H2,1-2H3. The van der Waals surface area contributed by atoms with Crippen LogP contribution in [-0.2, 0) is 14.3 Å². The zero-order valence-electron chi connectivity index (χ0n) is 8.91. The maximum atomic E-state index is 11.1. The lowest BCUT2D eigenvalue weighted by molar-refractivity contribution is -0.147. The fourth-order valence-electron chi connectivity index (χ4n) is 1.51. The molecule has 1 unspecified atom stereocenters. The molecule has 0 bridgehead atoms. The molecule has 1 fully saturated rings. The number of ether oxygens (including phenoxy) is 2. The smallest absolute Gasteiger partial charge is 0.310 e. The molecule has 1 N–H and O–H groups in total. The van der Waals surface area contributed by atoms with E-state index < -0.39 is 0 Å². The molecule has 0 radical (unpaired) electrons. The zero-order valence-corrected chi connectivity index (χ0v) is 8.91. The molecule has 0 aliphatic carbocycles. The van der Waals surface area contributed by atoms with Gasteiger partial charge in [0.05, 0.1) is 25.7 Å². The zero-order chi connectivity index (χ0) is 10.4. The maximum Gasteiger partial charge on any atom is 0.310 e. The minimum absolute atomic E-state index is 0.158. The fraction of sp³-hybridized carbons (Fsp3) is 0.900. The number of carbonyl (C=O) groups excluding carboxylic acids is 1. The van der Waals surface area contributed by atoms with Crippen LogP contribution in [0.3, 0.4) is 0 Å². The average Bonchev–Trinajstić information content (AvgIpc) is 2.26. The summed E-state index contributed by atoms with van der Waals surface area (Å²) in [4.78, 5) is 11.1. The Morgan fingerprint density at radius 2 is 2.14 bits per heavy atom. The van der Waals surface area contributed by atoms with Crippen molar-refractivity contribution in [1.29, 1.82) is 0 Å². The summed E-state index contributed by atoms with van der Waals surface area (Å²) < 4.78 is 10.2. The topological polar surface area (TPSA) is 47.6 Å². The van der Waals surface area contributed by atoms with Crippen molar-refractivity contribution in [2.45, 2.75) is 25.9 Å². The van der Waals surface area contributed by atoms with Gasteiger partial charge in [-0.05, 0) is 32.9 Å². The number of hydrogen-bond donors (Lipinski definition) is 1. The third-order valence-electron chi connectivity index (χ3n) is 2.47. The van der Waals surface area contributed by atoms with Gasteiger partial charge in [0.15, 0.2) is 0 Å². The molecule has 1 saturated heterocycles. The highest BCUT2D eigenvalue weighted by Crippen LogP contribution is 2.09. The number of rotatable bonds is 4. The van der Waals surface area contributed by atoms with Crippen molar-refractivity contribution < 1.29 is 14.3 Å². The SMILES string of the molecule is COC(=O)C(C)COC1CCNCC1. The molecule has 82 valence electrons. The lowest BCUT2D eigenvalue weighted by atomic mass is 10.1. The van der Waals surface area contributed by atoms with Crippen molar-refractivity contribution in [2.75, 3.05) is 26.8 Å². The Kier molecular flexibility index (Phi) is 4.90. The second kappa shape index (κ2) is 5.98. The van der Waals surface area contributed by atoms with E-state index in [4.69, 9.17) is 4.74 Å². The number of carbonyl (C=O) groups is 1. The first-order valence-electron chi connectivity index (χ1n) is 5.14. The van der Waals surface area contributed by atoms with Crippen LogP contribution in [-0.4, -0.2) is 38.9 Å². The normalized spacial score (nSPS) is 20.4. The summed E-state index contributed by atoms with van der Waals surface area (Å²) in [7, 11) is 1.41. The van der Waals surface area contributed by atoms with Crippen molar-refractivity contribution in [3.05, 3.63) is 0 Å². The molecule has 1 heterocycles. The van der Waals surface area contributed by atoms with Crippen molar-refractivity contribution in [3.63, 3.8) is 0 Å². The lowest BCUT2D eigenvalue weighted by Crippen LogP contribution is -2.34. The van der Waals surface area contributed by atoms with Crippen molar-refractivity contribution >= 4 is 5.97 Å². The molecule has 0 spiro atoms. The monoisotopic (exact) mass is 201 g/mol. The van der Waals surface area contributed by atoms with Gasteiger partial charge < -0.3 is 14.8 Å². The molecule has 0 amide bonds. The van der Waals surface area contributed by atoms with Gasteiger partial charge in [0, 0.05) is 0 Å². The molecule has 0 aromatic carbocycles. The van der Waals surface area contributed by atoms with Gasteiger partial charge in [0.25, 0.3) is 0 Å². The van der Waals surface area contributed by atoms with Crippen LogP contribution in [0.1, 0.15) is 19.8 Å². The highest BCUT2D eigenvalue weighted by molar-refractivity contribution is 5.71. The third-order valence-corrected chi connectivity index (χ3v) is 2.47. The van der Waals surface area contributed by atoms with Crippen LogP contribution < -0.4 is 5.32 Å². The summed E-state index contributed by atoms with van der Waals surface area (Å²) in [6, 6.07) is 0. The third kappa shape index (κ3) is 3.64. The van der Waals surface area contributed by atoms with E-state index in [2.05, 4.69) is 10.1 Å². The van der Waals surface area contributed by atoms with Crippen LogP contribution in [0.25, 0.3) is 0 Å². The van der Waals surface area contributed by atoms with E-state index in [9.17, 15) is 4.79 Å². The Bertz CT molecular complexity index is 178. The van der Waals surface area contributed by atoms with Gasteiger partial charge in [-0.3, -0.25) is 4.79 Å². The first-order valence-corrected chi connectivity index (χ1v) is 5.14. The van der Waals surface area contributed by atoms with Crippen molar-refractivity contribution in [3.8, 4) is 0 Å². The minimum Gasteiger partial charge on any atom is -0.469 e. The van der Waals surface area contributed by atoms with Gasteiger partial charge in [-0.15, -0.1) is 0 Å². The molecular formula is C10H19NO3. The summed E-state index contributed by atoms with van der Waals surface area (Å²) in [6.07, 6.45) is 2.38. The molecule has 4 heteroatoms. The van der Waals surface area contributed by atoms with Gasteiger partial charge in [0.1, 0.15) is 0 Å².